The molecule has 0 saturated heterocycles. The van der Waals surface area contributed by atoms with Crippen LogP contribution < -0.4 is 0 Å². The van der Waals surface area contributed by atoms with E-state index in [1.54, 1.807) is 0 Å². The lowest BCUT2D eigenvalue weighted by molar-refractivity contribution is -0.163. The number of esters is 2. The summed E-state index contributed by atoms with van der Waals surface area (Å²) in [4.78, 5) is 25.1. The second kappa shape index (κ2) is 41.8. The van der Waals surface area contributed by atoms with Crippen LogP contribution >= 0.6 is 0 Å². The molecule has 5 heteroatoms. The Morgan fingerprint density at radius 1 is 0.440 bits per heavy atom. The van der Waals surface area contributed by atoms with Gasteiger partial charge in [0.25, 0.3) is 0 Å². The number of unbranched alkanes of at least 4 members (excludes halogenated alkanes) is 25. The molecule has 0 fully saturated rings. The zero-order valence-corrected chi connectivity index (χ0v) is 33.7. The maximum atomic E-state index is 12.6. The molecule has 1 unspecified atom stereocenters. The van der Waals surface area contributed by atoms with Crippen LogP contribution in [0.2, 0.25) is 0 Å². The molecule has 0 aliphatic heterocycles. The lowest BCUT2D eigenvalue weighted by Crippen LogP contribution is -2.30. The van der Waals surface area contributed by atoms with Crippen molar-refractivity contribution in [3.8, 4) is 0 Å². The smallest absolute Gasteiger partial charge is 0.306 e. The first kappa shape index (κ1) is 48.4. The molecule has 0 aromatic carbocycles. The minimum Gasteiger partial charge on any atom is -0.462 e. The molecule has 294 valence electrons. The van der Waals surface area contributed by atoms with E-state index in [-0.39, 0.29) is 25.2 Å². The predicted molar refractivity (Wildman–Crippen MR) is 215 cm³/mol. The minimum absolute atomic E-state index is 0.0833. The average Bonchev–Trinajstić information content (AvgIpc) is 3.11. The van der Waals surface area contributed by atoms with Crippen LogP contribution in [0.4, 0.5) is 0 Å². The molecule has 0 aromatic rings. The largest absolute Gasteiger partial charge is 0.462 e. The third-order valence-corrected chi connectivity index (χ3v) is 9.49. The zero-order valence-electron chi connectivity index (χ0n) is 33.7. The molecule has 0 spiro atoms. The third kappa shape index (κ3) is 39.2. The Kier molecular flexibility index (Phi) is 40.4. The predicted octanol–water partition coefficient (Wildman–Crippen LogP) is 14.1. The molecule has 0 aromatic heterocycles. The number of carbonyl (C=O) groups excluding carboxylic acids is 2. The molecule has 0 radical (unpaired) electrons. The van der Waals surface area contributed by atoms with Crippen LogP contribution in [-0.2, 0) is 23.8 Å². The van der Waals surface area contributed by atoms with Gasteiger partial charge >= 0.3 is 11.9 Å². The molecule has 1 atom stereocenters. The van der Waals surface area contributed by atoms with Crippen molar-refractivity contribution in [2.24, 2.45) is 0 Å². The Hall–Kier alpha value is -1.62. The summed E-state index contributed by atoms with van der Waals surface area (Å²) in [6, 6.07) is 0. The van der Waals surface area contributed by atoms with E-state index in [0.717, 1.165) is 57.8 Å². The van der Waals surface area contributed by atoms with Crippen LogP contribution in [0, 0.1) is 0 Å². The summed E-state index contributed by atoms with van der Waals surface area (Å²) in [6.07, 6.45) is 46.0. The van der Waals surface area contributed by atoms with Crippen molar-refractivity contribution in [2.45, 2.75) is 232 Å². The van der Waals surface area contributed by atoms with E-state index in [9.17, 15) is 9.59 Å². The standard InChI is InChI=1S/C45H84O5/c1-4-7-10-13-16-18-20-22-23-25-26-28-30-32-35-38-44(46)49-42-43(41-48-40-37-34-15-12-9-6-3)50-45(47)39-36-33-31-29-27-24-21-19-17-14-11-8-5-2/h16,18,22-23,43H,4-15,17,19-21,24-42H2,1-3H3/b18-16-,23-22-. The molecule has 5 nitrogen and oxygen atoms in total. The number of hydrogen-bond donors (Lipinski definition) is 0. The van der Waals surface area contributed by atoms with E-state index in [1.807, 2.05) is 0 Å². The summed E-state index contributed by atoms with van der Waals surface area (Å²) in [6.45, 7) is 7.77. The van der Waals surface area contributed by atoms with Gasteiger partial charge in [-0.3, -0.25) is 9.59 Å². The number of carbonyl (C=O) groups is 2. The minimum atomic E-state index is -0.530. The van der Waals surface area contributed by atoms with E-state index < -0.39 is 6.10 Å². The maximum absolute atomic E-state index is 12.6. The summed E-state index contributed by atoms with van der Waals surface area (Å²) in [5.41, 5.74) is 0. The molecule has 0 bridgehead atoms. The fourth-order valence-corrected chi connectivity index (χ4v) is 6.19. The van der Waals surface area contributed by atoms with Crippen molar-refractivity contribution < 1.29 is 23.8 Å². The number of hydrogen-bond acceptors (Lipinski definition) is 5. The van der Waals surface area contributed by atoms with E-state index >= 15 is 0 Å². The second-order valence-corrected chi connectivity index (χ2v) is 14.6. The Morgan fingerprint density at radius 3 is 1.36 bits per heavy atom. The Morgan fingerprint density at radius 2 is 0.840 bits per heavy atom. The topological polar surface area (TPSA) is 61.8 Å². The van der Waals surface area contributed by atoms with Crippen LogP contribution in [0.3, 0.4) is 0 Å². The second-order valence-electron chi connectivity index (χ2n) is 14.6. The van der Waals surface area contributed by atoms with E-state index in [0.29, 0.717) is 19.4 Å². The lowest BCUT2D eigenvalue weighted by Gasteiger charge is -2.18. The number of rotatable bonds is 40. The van der Waals surface area contributed by atoms with E-state index in [2.05, 4.69) is 45.1 Å². The van der Waals surface area contributed by atoms with Crippen molar-refractivity contribution in [2.75, 3.05) is 19.8 Å². The van der Waals surface area contributed by atoms with Crippen LogP contribution in [0.1, 0.15) is 226 Å². The van der Waals surface area contributed by atoms with E-state index in [4.69, 9.17) is 14.2 Å². The van der Waals surface area contributed by atoms with Crippen molar-refractivity contribution in [1.29, 1.82) is 0 Å². The highest BCUT2D eigenvalue weighted by Gasteiger charge is 2.17. The van der Waals surface area contributed by atoms with Crippen LogP contribution in [0.5, 0.6) is 0 Å². The van der Waals surface area contributed by atoms with Crippen molar-refractivity contribution >= 4 is 11.9 Å². The fraction of sp³-hybridized carbons (Fsp3) is 0.867. The monoisotopic (exact) mass is 705 g/mol. The lowest BCUT2D eigenvalue weighted by atomic mass is 10.0. The van der Waals surface area contributed by atoms with Gasteiger partial charge in [-0.1, -0.05) is 186 Å². The van der Waals surface area contributed by atoms with Crippen molar-refractivity contribution in [3.05, 3.63) is 24.3 Å². The van der Waals surface area contributed by atoms with Gasteiger partial charge in [0.05, 0.1) is 6.61 Å². The molecule has 0 amide bonds. The van der Waals surface area contributed by atoms with Gasteiger partial charge < -0.3 is 14.2 Å². The highest BCUT2D eigenvalue weighted by atomic mass is 16.6. The number of ether oxygens (including phenoxy) is 3. The van der Waals surface area contributed by atoms with Crippen LogP contribution in [0.15, 0.2) is 24.3 Å². The summed E-state index contributed by atoms with van der Waals surface area (Å²) >= 11 is 0. The Labute approximate surface area is 311 Å². The van der Waals surface area contributed by atoms with Gasteiger partial charge in [0, 0.05) is 19.4 Å². The molecule has 0 rings (SSSR count). The maximum Gasteiger partial charge on any atom is 0.306 e. The van der Waals surface area contributed by atoms with Gasteiger partial charge in [-0.15, -0.1) is 0 Å². The van der Waals surface area contributed by atoms with Gasteiger partial charge in [0.15, 0.2) is 6.10 Å². The third-order valence-electron chi connectivity index (χ3n) is 9.49. The molecular formula is C45H84O5. The normalized spacial score (nSPS) is 12.3. The van der Waals surface area contributed by atoms with Gasteiger partial charge in [0.2, 0.25) is 0 Å². The van der Waals surface area contributed by atoms with Gasteiger partial charge in [-0.05, 0) is 51.4 Å². The highest BCUT2D eigenvalue weighted by Crippen LogP contribution is 2.14. The summed E-state index contributed by atoms with van der Waals surface area (Å²) < 4.78 is 17.2. The Balaban J connectivity index is 4.13. The summed E-state index contributed by atoms with van der Waals surface area (Å²) in [5, 5.41) is 0. The van der Waals surface area contributed by atoms with Crippen LogP contribution in [0.25, 0.3) is 0 Å². The quantitative estimate of drug-likeness (QED) is 0.0361. The van der Waals surface area contributed by atoms with Crippen molar-refractivity contribution in [1.82, 2.24) is 0 Å². The first-order valence-electron chi connectivity index (χ1n) is 21.9. The molecule has 50 heavy (non-hydrogen) atoms. The first-order valence-corrected chi connectivity index (χ1v) is 21.9. The summed E-state index contributed by atoms with van der Waals surface area (Å²) in [7, 11) is 0. The molecular weight excluding hydrogens is 620 g/mol. The molecule has 0 aliphatic rings. The molecule has 0 aliphatic carbocycles. The SMILES string of the molecule is CCCCC/C=C\C/C=C\CCCCCCCC(=O)OCC(COCCCCCCCC)OC(=O)CCCCCCCCCCCCCCC. The molecule has 0 saturated carbocycles. The molecule has 0 heterocycles. The average molecular weight is 705 g/mol. The number of allylic oxidation sites excluding steroid dienone is 4. The van der Waals surface area contributed by atoms with E-state index in [1.165, 1.54) is 135 Å². The summed E-state index contributed by atoms with van der Waals surface area (Å²) in [5.74, 6) is -0.407. The zero-order chi connectivity index (χ0) is 36.4. The molecule has 0 N–H and O–H groups in total. The van der Waals surface area contributed by atoms with Gasteiger partial charge in [0.1, 0.15) is 6.61 Å². The fourth-order valence-electron chi connectivity index (χ4n) is 6.19. The highest BCUT2D eigenvalue weighted by molar-refractivity contribution is 5.70. The van der Waals surface area contributed by atoms with Gasteiger partial charge in [-0.2, -0.15) is 0 Å². The van der Waals surface area contributed by atoms with Crippen molar-refractivity contribution in [3.63, 3.8) is 0 Å². The first-order chi connectivity index (χ1) is 24.6. The van der Waals surface area contributed by atoms with Gasteiger partial charge in [-0.25, -0.2) is 0 Å². The van der Waals surface area contributed by atoms with Crippen LogP contribution in [-0.4, -0.2) is 37.9 Å². The Bertz CT molecular complexity index is 761.